The summed E-state index contributed by atoms with van der Waals surface area (Å²) >= 11 is 5.90. The molecule has 0 aliphatic carbocycles. The fourth-order valence-corrected chi connectivity index (χ4v) is 4.43. The van der Waals surface area contributed by atoms with Crippen LogP contribution in [0.4, 0.5) is 5.69 Å². The molecule has 1 aromatic heterocycles. The van der Waals surface area contributed by atoms with Crippen LogP contribution in [0.3, 0.4) is 0 Å². The molecule has 0 saturated heterocycles. The fraction of sp³-hybridized carbons (Fsp3) is 0.233. The summed E-state index contributed by atoms with van der Waals surface area (Å²) in [5.74, 6) is 0. The van der Waals surface area contributed by atoms with E-state index in [4.69, 9.17) is 12.2 Å². The molecular weight excluding hydrogens is 434 g/mol. The van der Waals surface area contributed by atoms with Gasteiger partial charge in [0.2, 0.25) is 0 Å². The van der Waals surface area contributed by atoms with Crippen LogP contribution in [0.5, 0.6) is 0 Å². The molecule has 0 unspecified atom stereocenters. The summed E-state index contributed by atoms with van der Waals surface area (Å²) in [6.45, 7) is 8.83. The molecule has 0 amide bonds. The Balaban J connectivity index is 1.55. The van der Waals surface area contributed by atoms with Gasteiger partial charge in [-0.2, -0.15) is 0 Å². The van der Waals surface area contributed by atoms with Crippen LogP contribution in [0.15, 0.2) is 91.1 Å². The molecule has 0 saturated carbocycles. The van der Waals surface area contributed by atoms with Crippen molar-refractivity contribution in [2.24, 2.45) is 0 Å². The number of benzene rings is 3. The Hall–Kier alpha value is -3.37. The number of hydrogen-bond acceptors (Lipinski definition) is 1. The number of anilines is 1. The topological polar surface area (TPSA) is 20.2 Å². The lowest BCUT2D eigenvalue weighted by molar-refractivity contribution is 0.399. The van der Waals surface area contributed by atoms with Crippen molar-refractivity contribution >= 4 is 23.0 Å². The summed E-state index contributed by atoms with van der Waals surface area (Å²) in [6, 6.07) is 30.0. The smallest absolute Gasteiger partial charge is 0.174 e. The normalized spacial score (nSPS) is 10.8. The van der Waals surface area contributed by atoms with E-state index in [9.17, 15) is 0 Å². The van der Waals surface area contributed by atoms with Gasteiger partial charge in [-0.1, -0.05) is 73.2 Å². The van der Waals surface area contributed by atoms with Gasteiger partial charge < -0.3 is 14.8 Å². The van der Waals surface area contributed by atoms with Gasteiger partial charge in [-0.15, -0.1) is 0 Å². The number of nitrogens with one attached hydrogen (secondary N) is 1. The molecule has 34 heavy (non-hydrogen) atoms. The predicted octanol–water partition coefficient (Wildman–Crippen LogP) is 7.11. The zero-order valence-electron chi connectivity index (χ0n) is 20.3. The summed E-state index contributed by atoms with van der Waals surface area (Å²) in [5.41, 5.74) is 8.78. The summed E-state index contributed by atoms with van der Waals surface area (Å²) in [4.78, 5) is 2.24. The van der Waals surface area contributed by atoms with Crippen molar-refractivity contribution in [3.63, 3.8) is 0 Å². The molecule has 3 aromatic carbocycles. The van der Waals surface area contributed by atoms with Gasteiger partial charge in [0.1, 0.15) is 0 Å². The molecule has 0 atom stereocenters. The lowest BCUT2D eigenvalue weighted by atomic mass is 10.1. The largest absolute Gasteiger partial charge is 0.345 e. The molecule has 3 nitrogen and oxygen atoms in total. The minimum absolute atomic E-state index is 0.728. The van der Waals surface area contributed by atoms with Crippen molar-refractivity contribution in [1.82, 2.24) is 9.47 Å². The third kappa shape index (κ3) is 6.15. The van der Waals surface area contributed by atoms with Crippen molar-refractivity contribution in [1.29, 1.82) is 0 Å². The standard InChI is InChI=1S/C30H33N3S/c1-4-25-13-16-28(17-14-25)31-30(34)33(20-26-9-6-5-7-10-26)22-29-11-8-18-32(29)21-27-15-12-23(2)19-24(27)3/h5-19H,4,20-22H2,1-3H3,(H,31,34). The van der Waals surface area contributed by atoms with Crippen molar-refractivity contribution in [2.75, 3.05) is 5.32 Å². The monoisotopic (exact) mass is 467 g/mol. The second-order valence-electron chi connectivity index (χ2n) is 8.88. The molecule has 0 aliphatic heterocycles. The Morgan fingerprint density at radius 3 is 2.32 bits per heavy atom. The molecule has 1 N–H and O–H groups in total. The number of rotatable bonds is 8. The van der Waals surface area contributed by atoms with Gasteiger partial charge in [-0.3, -0.25) is 0 Å². The van der Waals surface area contributed by atoms with E-state index in [-0.39, 0.29) is 0 Å². The van der Waals surface area contributed by atoms with Gasteiger partial charge in [0.05, 0.1) is 6.54 Å². The maximum atomic E-state index is 5.90. The van der Waals surface area contributed by atoms with Crippen LogP contribution in [0.25, 0.3) is 0 Å². The zero-order valence-corrected chi connectivity index (χ0v) is 21.1. The lowest BCUT2D eigenvalue weighted by Crippen LogP contribution is -2.34. The van der Waals surface area contributed by atoms with Gasteiger partial charge in [0, 0.05) is 30.7 Å². The number of aromatic nitrogens is 1. The van der Waals surface area contributed by atoms with Crippen LogP contribution in [0, 0.1) is 13.8 Å². The molecule has 0 fully saturated rings. The minimum atomic E-state index is 0.728. The van der Waals surface area contributed by atoms with Crippen LogP contribution < -0.4 is 5.32 Å². The summed E-state index contributed by atoms with van der Waals surface area (Å²) in [6.07, 6.45) is 3.19. The first-order valence-electron chi connectivity index (χ1n) is 11.9. The van der Waals surface area contributed by atoms with E-state index < -0.39 is 0 Å². The van der Waals surface area contributed by atoms with E-state index in [1.807, 2.05) is 0 Å². The summed E-state index contributed by atoms with van der Waals surface area (Å²) < 4.78 is 2.33. The summed E-state index contributed by atoms with van der Waals surface area (Å²) in [5, 5.41) is 4.19. The maximum Gasteiger partial charge on any atom is 0.174 e. The molecule has 4 heteroatoms. The van der Waals surface area contributed by atoms with Crippen LogP contribution in [-0.2, 0) is 26.1 Å². The van der Waals surface area contributed by atoms with E-state index in [0.717, 1.165) is 36.9 Å². The quantitative estimate of drug-likeness (QED) is 0.279. The zero-order chi connectivity index (χ0) is 23.9. The first-order valence-corrected chi connectivity index (χ1v) is 12.3. The van der Waals surface area contributed by atoms with Crippen molar-refractivity contribution in [3.05, 3.63) is 125 Å². The average molecular weight is 468 g/mol. The highest BCUT2D eigenvalue weighted by atomic mass is 32.1. The molecule has 4 rings (SSSR count). The van der Waals surface area contributed by atoms with Gasteiger partial charge in [-0.05, 0) is 79.0 Å². The molecule has 174 valence electrons. The fourth-order valence-electron chi connectivity index (χ4n) is 4.18. The Kier molecular flexibility index (Phi) is 7.81. The third-order valence-corrected chi connectivity index (χ3v) is 6.59. The van der Waals surface area contributed by atoms with Gasteiger partial charge >= 0.3 is 0 Å². The second-order valence-corrected chi connectivity index (χ2v) is 9.27. The minimum Gasteiger partial charge on any atom is -0.345 e. The number of nitrogens with zero attached hydrogens (tertiary/aromatic N) is 2. The number of aryl methyl sites for hydroxylation is 3. The van der Waals surface area contributed by atoms with Crippen LogP contribution in [-0.4, -0.2) is 14.6 Å². The van der Waals surface area contributed by atoms with Gasteiger partial charge in [0.25, 0.3) is 0 Å². The average Bonchev–Trinajstić information content (AvgIpc) is 3.28. The third-order valence-electron chi connectivity index (χ3n) is 6.23. The lowest BCUT2D eigenvalue weighted by Gasteiger charge is -2.27. The van der Waals surface area contributed by atoms with Crippen LogP contribution in [0.2, 0.25) is 0 Å². The van der Waals surface area contributed by atoms with Crippen molar-refractivity contribution in [3.8, 4) is 0 Å². The molecule has 4 aromatic rings. The molecule has 1 heterocycles. The highest BCUT2D eigenvalue weighted by Gasteiger charge is 2.14. The Morgan fingerprint density at radius 1 is 0.853 bits per heavy atom. The number of thiocarbonyl (C=S) groups is 1. The first kappa shape index (κ1) is 23.8. The second kappa shape index (κ2) is 11.2. The Morgan fingerprint density at radius 2 is 1.62 bits per heavy atom. The van der Waals surface area contributed by atoms with E-state index in [1.165, 1.54) is 33.5 Å². The van der Waals surface area contributed by atoms with Crippen LogP contribution >= 0.6 is 12.2 Å². The SMILES string of the molecule is CCc1ccc(NC(=S)N(Cc2ccccc2)Cc2cccn2Cc2ccc(C)cc2C)cc1. The Bertz CT molecular complexity index is 1230. The highest BCUT2D eigenvalue weighted by molar-refractivity contribution is 7.80. The predicted molar refractivity (Wildman–Crippen MR) is 147 cm³/mol. The van der Waals surface area contributed by atoms with Crippen molar-refractivity contribution in [2.45, 2.75) is 46.8 Å². The molecule has 0 aliphatic rings. The van der Waals surface area contributed by atoms with E-state index >= 15 is 0 Å². The van der Waals surface area contributed by atoms with Gasteiger partial charge in [0.15, 0.2) is 5.11 Å². The van der Waals surface area contributed by atoms with E-state index in [0.29, 0.717) is 0 Å². The van der Waals surface area contributed by atoms with E-state index in [1.54, 1.807) is 0 Å². The number of hydrogen-bond donors (Lipinski definition) is 1. The Labute approximate surface area is 209 Å². The summed E-state index contributed by atoms with van der Waals surface area (Å²) in [7, 11) is 0. The van der Waals surface area contributed by atoms with E-state index in [2.05, 4.69) is 127 Å². The molecular formula is C30H33N3S. The molecule has 0 radical (unpaired) electrons. The van der Waals surface area contributed by atoms with Crippen LogP contribution in [0.1, 0.15) is 40.4 Å². The van der Waals surface area contributed by atoms with Gasteiger partial charge in [-0.25, -0.2) is 0 Å². The van der Waals surface area contributed by atoms with Crippen molar-refractivity contribution < 1.29 is 0 Å². The maximum absolute atomic E-state index is 5.90. The molecule has 0 bridgehead atoms. The first-order chi connectivity index (χ1) is 16.5. The molecule has 0 spiro atoms. The highest BCUT2D eigenvalue weighted by Crippen LogP contribution is 2.18.